The molecule has 7 heteroatoms. The summed E-state index contributed by atoms with van der Waals surface area (Å²) < 4.78 is 11.9. The average molecular weight is 345 g/mol. The first-order valence-corrected chi connectivity index (χ1v) is 7.30. The summed E-state index contributed by atoms with van der Waals surface area (Å²) in [5.74, 6) is 0.236. The predicted molar refractivity (Wildman–Crippen MR) is 77.8 cm³/mol. The molecule has 0 bridgehead atoms. The summed E-state index contributed by atoms with van der Waals surface area (Å²) in [7, 11) is 0. The van der Waals surface area contributed by atoms with Gasteiger partial charge in [0, 0.05) is 25.1 Å². The molecule has 1 fully saturated rings. The van der Waals surface area contributed by atoms with Crippen molar-refractivity contribution in [3.8, 4) is 5.75 Å². The van der Waals surface area contributed by atoms with Gasteiger partial charge in [-0.1, -0.05) is 13.0 Å². The Balaban J connectivity index is 2.12. The van der Waals surface area contributed by atoms with Crippen molar-refractivity contribution < 1.29 is 14.4 Å². The number of nitrogens with zero attached hydrogens (tertiary/aromatic N) is 1. The van der Waals surface area contributed by atoms with Crippen molar-refractivity contribution in [3.63, 3.8) is 0 Å². The fourth-order valence-corrected chi connectivity index (χ4v) is 2.57. The molecule has 1 aliphatic rings. The Morgan fingerprint density at radius 3 is 2.90 bits per heavy atom. The highest BCUT2D eigenvalue weighted by molar-refractivity contribution is 9.10. The molecule has 0 saturated heterocycles. The Morgan fingerprint density at radius 1 is 1.55 bits per heavy atom. The molecule has 6 nitrogen and oxygen atoms in total. The summed E-state index contributed by atoms with van der Waals surface area (Å²) in [6, 6.07) is 4.66. The third kappa shape index (κ3) is 3.11. The van der Waals surface area contributed by atoms with Crippen LogP contribution in [0, 0.1) is 10.1 Å². The molecule has 1 aromatic carbocycles. The summed E-state index contributed by atoms with van der Waals surface area (Å²) in [4.78, 5) is 10.6. The molecule has 1 saturated carbocycles. The molecule has 110 valence electrons. The molecule has 0 aliphatic heterocycles. The van der Waals surface area contributed by atoms with E-state index in [1.165, 1.54) is 6.07 Å². The third-order valence-corrected chi connectivity index (χ3v) is 3.84. The largest absolute Gasteiger partial charge is 0.480 e. The molecule has 20 heavy (non-hydrogen) atoms. The van der Waals surface area contributed by atoms with Gasteiger partial charge in [-0.15, -0.1) is 0 Å². The number of benzene rings is 1. The van der Waals surface area contributed by atoms with Gasteiger partial charge in [-0.3, -0.25) is 10.1 Å². The molecule has 3 unspecified atom stereocenters. The number of nitro benzene ring substituents is 1. The number of ether oxygens (including phenoxy) is 2. The first kappa shape index (κ1) is 15.2. The quantitative estimate of drug-likeness (QED) is 0.633. The molecule has 0 heterocycles. The molecule has 0 radical (unpaired) electrons. The lowest BCUT2D eigenvalue weighted by molar-refractivity contribution is -0.386. The van der Waals surface area contributed by atoms with Crippen molar-refractivity contribution in [1.29, 1.82) is 0 Å². The van der Waals surface area contributed by atoms with E-state index in [9.17, 15) is 10.1 Å². The fourth-order valence-electron chi connectivity index (χ4n) is 2.13. The number of hydrogen-bond donors (Lipinski definition) is 1. The first-order valence-electron chi connectivity index (χ1n) is 6.51. The second-order valence-corrected chi connectivity index (χ2v) is 5.59. The van der Waals surface area contributed by atoms with Crippen LogP contribution in [0.2, 0.25) is 0 Å². The van der Waals surface area contributed by atoms with E-state index in [0.29, 0.717) is 17.5 Å². The lowest BCUT2D eigenvalue weighted by Gasteiger charge is -2.41. The highest BCUT2D eigenvalue weighted by Gasteiger charge is 2.42. The van der Waals surface area contributed by atoms with Crippen LogP contribution >= 0.6 is 15.9 Å². The zero-order valence-electron chi connectivity index (χ0n) is 11.1. The van der Waals surface area contributed by atoms with Crippen LogP contribution in [0.4, 0.5) is 5.69 Å². The van der Waals surface area contributed by atoms with Crippen LogP contribution in [0.15, 0.2) is 22.7 Å². The molecule has 2 rings (SSSR count). The number of halogens is 1. The van der Waals surface area contributed by atoms with Gasteiger partial charge in [0.15, 0.2) is 0 Å². The van der Waals surface area contributed by atoms with Crippen molar-refractivity contribution in [2.45, 2.75) is 38.0 Å². The topological polar surface area (TPSA) is 87.6 Å². The van der Waals surface area contributed by atoms with Crippen molar-refractivity contribution >= 4 is 21.6 Å². The number of nitro groups is 1. The van der Waals surface area contributed by atoms with Crippen molar-refractivity contribution in [2.75, 3.05) is 6.61 Å². The molecular formula is C13H17BrN2O4. The van der Waals surface area contributed by atoms with Crippen molar-refractivity contribution in [2.24, 2.45) is 5.73 Å². The fraction of sp³-hybridized carbons (Fsp3) is 0.538. The summed E-state index contributed by atoms with van der Waals surface area (Å²) in [6.45, 7) is 2.62. The third-order valence-electron chi connectivity index (χ3n) is 3.22. The van der Waals surface area contributed by atoms with Gasteiger partial charge in [-0.2, -0.15) is 0 Å². The van der Waals surface area contributed by atoms with Gasteiger partial charge in [0.2, 0.25) is 5.75 Å². The van der Waals surface area contributed by atoms with Gasteiger partial charge >= 0.3 is 5.69 Å². The van der Waals surface area contributed by atoms with E-state index in [0.717, 1.165) is 6.42 Å². The van der Waals surface area contributed by atoms with Crippen LogP contribution in [0.5, 0.6) is 5.75 Å². The Hall–Kier alpha value is -1.18. The van der Waals surface area contributed by atoms with Crippen LogP contribution in [0.25, 0.3) is 0 Å². The molecule has 1 aromatic rings. The smallest absolute Gasteiger partial charge is 0.312 e. The Labute approximate surface area is 125 Å². The normalized spacial score (nSPS) is 25.1. The first-order chi connectivity index (χ1) is 9.54. The Bertz CT molecular complexity index is 497. The number of rotatable bonds is 6. The highest BCUT2D eigenvalue weighted by atomic mass is 79.9. The summed E-state index contributed by atoms with van der Waals surface area (Å²) >= 11 is 3.28. The molecule has 0 aromatic heterocycles. The molecule has 3 atom stereocenters. The second kappa shape index (κ2) is 6.51. The zero-order valence-corrected chi connectivity index (χ0v) is 12.7. The van der Waals surface area contributed by atoms with E-state index in [1.807, 2.05) is 6.92 Å². The summed E-state index contributed by atoms with van der Waals surface area (Å²) in [6.07, 6.45) is 1.08. The van der Waals surface area contributed by atoms with Crippen LogP contribution < -0.4 is 10.5 Å². The van der Waals surface area contributed by atoms with Gasteiger partial charge in [0.1, 0.15) is 12.2 Å². The van der Waals surface area contributed by atoms with E-state index < -0.39 is 4.92 Å². The maximum Gasteiger partial charge on any atom is 0.312 e. The monoisotopic (exact) mass is 344 g/mol. The average Bonchev–Trinajstić information content (AvgIpc) is 2.40. The molecule has 2 N–H and O–H groups in total. The predicted octanol–water partition coefficient (Wildman–Crippen LogP) is 2.63. The minimum absolute atomic E-state index is 0.0610. The highest BCUT2D eigenvalue weighted by Crippen LogP contribution is 2.38. The van der Waals surface area contributed by atoms with E-state index in [4.69, 9.17) is 15.2 Å². The number of nitrogens with two attached hydrogens (primary N) is 1. The van der Waals surface area contributed by atoms with Crippen LogP contribution in [0.3, 0.4) is 0 Å². The summed E-state index contributed by atoms with van der Waals surface area (Å²) in [5, 5.41) is 11.0. The molecular weight excluding hydrogens is 328 g/mol. The van der Waals surface area contributed by atoms with Gasteiger partial charge in [-0.25, -0.2) is 0 Å². The van der Waals surface area contributed by atoms with Crippen LogP contribution in [0.1, 0.15) is 19.8 Å². The van der Waals surface area contributed by atoms with Crippen molar-refractivity contribution in [3.05, 3.63) is 32.8 Å². The standard InChI is InChI=1S/C13H17BrN2O4/c1-2-6-19-13-9(15)7-11(13)20-12-8(14)4-3-5-10(12)16(17)18/h3-5,9,11,13H,2,6-7,15H2,1H3. The van der Waals surface area contributed by atoms with Gasteiger partial charge in [-0.05, 0) is 28.4 Å². The summed E-state index contributed by atoms with van der Waals surface area (Å²) in [5.41, 5.74) is 5.83. The minimum Gasteiger partial charge on any atom is -0.480 e. The molecule has 0 spiro atoms. The zero-order chi connectivity index (χ0) is 14.7. The van der Waals surface area contributed by atoms with Crippen LogP contribution in [-0.2, 0) is 4.74 Å². The van der Waals surface area contributed by atoms with E-state index in [2.05, 4.69) is 15.9 Å². The van der Waals surface area contributed by atoms with Gasteiger partial charge in [0.05, 0.1) is 9.40 Å². The SMILES string of the molecule is CCCOC1C(N)CC1Oc1c(Br)cccc1[N+](=O)[O-]. The van der Waals surface area contributed by atoms with Gasteiger partial charge < -0.3 is 15.2 Å². The van der Waals surface area contributed by atoms with E-state index in [-0.39, 0.29) is 29.7 Å². The lowest BCUT2D eigenvalue weighted by atomic mass is 9.86. The Kier molecular flexibility index (Phi) is 4.95. The minimum atomic E-state index is -0.458. The maximum atomic E-state index is 11.0. The van der Waals surface area contributed by atoms with Gasteiger partial charge in [0.25, 0.3) is 0 Å². The maximum absolute atomic E-state index is 11.0. The number of hydrogen-bond acceptors (Lipinski definition) is 5. The van der Waals surface area contributed by atoms with E-state index >= 15 is 0 Å². The second-order valence-electron chi connectivity index (χ2n) is 4.74. The molecule has 1 aliphatic carbocycles. The van der Waals surface area contributed by atoms with Crippen LogP contribution in [-0.4, -0.2) is 29.8 Å². The lowest BCUT2D eigenvalue weighted by Crippen LogP contribution is -2.59. The molecule has 0 amide bonds. The van der Waals surface area contributed by atoms with Crippen molar-refractivity contribution in [1.82, 2.24) is 0 Å². The van der Waals surface area contributed by atoms with E-state index in [1.54, 1.807) is 12.1 Å². The number of para-hydroxylation sites is 1. The Morgan fingerprint density at radius 2 is 2.30 bits per heavy atom.